The normalized spacial score (nSPS) is 23.8. The van der Waals surface area contributed by atoms with Crippen LogP contribution in [0.1, 0.15) is 40.5 Å². The Labute approximate surface area is 82.0 Å². The second-order valence-corrected chi connectivity index (χ2v) is 4.40. The Morgan fingerprint density at radius 1 is 1.15 bits per heavy atom. The predicted octanol–water partition coefficient (Wildman–Crippen LogP) is 4.26. The van der Waals surface area contributed by atoms with Crippen molar-refractivity contribution in [3.05, 3.63) is 35.5 Å². The van der Waals surface area contributed by atoms with Gasteiger partial charge in [0.15, 0.2) is 0 Å². The highest BCUT2D eigenvalue weighted by Gasteiger charge is 2.19. The molecule has 0 amide bonds. The molecule has 13 heavy (non-hydrogen) atoms. The van der Waals surface area contributed by atoms with Crippen molar-refractivity contribution in [1.82, 2.24) is 0 Å². The summed E-state index contributed by atoms with van der Waals surface area (Å²) in [6, 6.07) is 0. The fourth-order valence-corrected chi connectivity index (χ4v) is 2.06. The Bertz CT molecular complexity index is 274. The highest BCUT2D eigenvalue weighted by molar-refractivity contribution is 5.41. The lowest BCUT2D eigenvalue weighted by molar-refractivity contribution is 0.621. The topological polar surface area (TPSA) is 0 Å². The molecule has 1 saturated carbocycles. The molecule has 0 unspecified atom stereocenters. The molecule has 0 spiro atoms. The van der Waals surface area contributed by atoms with E-state index in [9.17, 15) is 0 Å². The van der Waals surface area contributed by atoms with Gasteiger partial charge in [-0.2, -0.15) is 0 Å². The Morgan fingerprint density at radius 2 is 1.85 bits per heavy atom. The summed E-state index contributed by atoms with van der Waals surface area (Å²) in [5, 5.41) is 0. The lowest BCUT2D eigenvalue weighted by Crippen LogP contribution is -2.02. The zero-order valence-electron chi connectivity index (χ0n) is 7.93. The summed E-state index contributed by atoms with van der Waals surface area (Å²) in [4.78, 5) is 0. The molecule has 72 valence electrons. The van der Waals surface area contributed by atoms with E-state index < -0.39 is 0 Å². The van der Waals surface area contributed by atoms with E-state index in [-0.39, 0.29) is 12.8 Å². The van der Waals surface area contributed by atoms with E-state index in [1.807, 2.05) is 0 Å². The summed E-state index contributed by atoms with van der Waals surface area (Å²) >= 11 is 0. The van der Waals surface area contributed by atoms with Gasteiger partial charge in [0.05, 0.1) is 0 Å². The van der Waals surface area contributed by atoms with Crippen LogP contribution in [0.2, 0.25) is 0 Å². The maximum Gasteiger partial charge on any atom is 0.00134 e. The molecule has 0 heterocycles. The minimum atomic E-state index is 0. The van der Waals surface area contributed by atoms with Gasteiger partial charge in [-0.3, -0.25) is 0 Å². The molecule has 0 atom stereocenters. The van der Waals surface area contributed by atoms with Crippen LogP contribution in [0.3, 0.4) is 0 Å². The van der Waals surface area contributed by atoms with Crippen LogP contribution < -0.4 is 0 Å². The zero-order chi connectivity index (χ0) is 8.60. The van der Waals surface area contributed by atoms with Crippen LogP contribution in [0.5, 0.6) is 0 Å². The molecule has 0 nitrogen and oxygen atoms in total. The number of hydrogen-bond acceptors (Lipinski definition) is 0. The average molecular weight is 176 g/mol. The second-order valence-electron chi connectivity index (χ2n) is 4.40. The van der Waals surface area contributed by atoms with Crippen LogP contribution in [-0.4, -0.2) is 0 Å². The summed E-state index contributed by atoms with van der Waals surface area (Å²) in [6.45, 7) is 4.54. The van der Waals surface area contributed by atoms with Gasteiger partial charge in [-0.15, -0.1) is 0 Å². The van der Waals surface area contributed by atoms with E-state index >= 15 is 0 Å². The standard InChI is InChI=1S/C12H16.CH4/c1-12(2)8-4-7-10-5-3-6-11(10)9-12;/h4,7-9H,3,5-6H2,1-2H3;1H4. The third-order valence-electron chi connectivity index (χ3n) is 2.67. The van der Waals surface area contributed by atoms with E-state index in [2.05, 4.69) is 38.2 Å². The molecule has 0 heteroatoms. The lowest BCUT2D eigenvalue weighted by Gasteiger charge is -2.14. The van der Waals surface area contributed by atoms with Gasteiger partial charge >= 0.3 is 0 Å². The number of hydrogen-bond donors (Lipinski definition) is 0. The van der Waals surface area contributed by atoms with Crippen LogP contribution in [-0.2, 0) is 0 Å². The lowest BCUT2D eigenvalue weighted by atomic mass is 9.90. The van der Waals surface area contributed by atoms with Gasteiger partial charge in [-0.25, -0.2) is 0 Å². The first-order chi connectivity index (χ1) is 5.67. The van der Waals surface area contributed by atoms with Gasteiger partial charge in [0.2, 0.25) is 0 Å². The van der Waals surface area contributed by atoms with E-state index in [4.69, 9.17) is 0 Å². The van der Waals surface area contributed by atoms with E-state index in [1.165, 1.54) is 19.3 Å². The smallest absolute Gasteiger partial charge is 0.00134 e. The van der Waals surface area contributed by atoms with Crippen molar-refractivity contribution < 1.29 is 0 Å². The Balaban J connectivity index is 0.000000845. The molecular formula is C13H20. The summed E-state index contributed by atoms with van der Waals surface area (Å²) in [7, 11) is 0. The van der Waals surface area contributed by atoms with Crippen molar-refractivity contribution in [1.29, 1.82) is 0 Å². The first-order valence-corrected chi connectivity index (χ1v) is 4.78. The molecule has 0 aromatic heterocycles. The Morgan fingerprint density at radius 3 is 2.62 bits per heavy atom. The Hall–Kier alpha value is -0.780. The quantitative estimate of drug-likeness (QED) is 0.517. The SMILES string of the molecule is C.CC1(C)C=CC=C2CCCC2=C1. The molecule has 0 saturated heterocycles. The minimum absolute atomic E-state index is 0. The van der Waals surface area contributed by atoms with E-state index in [0.717, 1.165) is 0 Å². The fourth-order valence-electron chi connectivity index (χ4n) is 2.06. The van der Waals surface area contributed by atoms with Crippen LogP contribution in [0.25, 0.3) is 0 Å². The minimum Gasteiger partial charge on any atom is -0.0776 e. The van der Waals surface area contributed by atoms with Gasteiger partial charge in [-0.1, -0.05) is 45.6 Å². The third kappa shape index (κ3) is 2.12. The van der Waals surface area contributed by atoms with Crippen LogP contribution >= 0.6 is 0 Å². The molecule has 2 rings (SSSR count). The van der Waals surface area contributed by atoms with Gasteiger partial charge in [0, 0.05) is 5.41 Å². The van der Waals surface area contributed by atoms with Crippen molar-refractivity contribution in [2.75, 3.05) is 0 Å². The average Bonchev–Trinajstić information content (AvgIpc) is 2.31. The van der Waals surface area contributed by atoms with Crippen LogP contribution in [0, 0.1) is 5.41 Å². The second kappa shape index (κ2) is 3.53. The third-order valence-corrected chi connectivity index (χ3v) is 2.67. The van der Waals surface area contributed by atoms with Gasteiger partial charge in [-0.05, 0) is 30.4 Å². The molecule has 0 aliphatic heterocycles. The van der Waals surface area contributed by atoms with Crippen molar-refractivity contribution in [3.8, 4) is 0 Å². The van der Waals surface area contributed by atoms with Crippen LogP contribution in [0.4, 0.5) is 0 Å². The first-order valence-electron chi connectivity index (χ1n) is 4.78. The van der Waals surface area contributed by atoms with Crippen molar-refractivity contribution in [2.45, 2.75) is 40.5 Å². The molecule has 0 bridgehead atoms. The largest absolute Gasteiger partial charge is 0.0776 e. The van der Waals surface area contributed by atoms with Gasteiger partial charge in [0.1, 0.15) is 0 Å². The maximum atomic E-state index is 2.43. The van der Waals surface area contributed by atoms with Crippen LogP contribution in [0.15, 0.2) is 35.5 Å². The van der Waals surface area contributed by atoms with Crippen molar-refractivity contribution in [2.24, 2.45) is 5.41 Å². The van der Waals surface area contributed by atoms with Crippen molar-refractivity contribution in [3.63, 3.8) is 0 Å². The highest BCUT2D eigenvalue weighted by atomic mass is 14.2. The maximum absolute atomic E-state index is 2.43. The summed E-state index contributed by atoms with van der Waals surface area (Å²) in [5.41, 5.74) is 3.42. The number of rotatable bonds is 0. The molecular weight excluding hydrogens is 156 g/mol. The highest BCUT2D eigenvalue weighted by Crippen LogP contribution is 2.36. The molecule has 2 aliphatic rings. The summed E-state index contributed by atoms with van der Waals surface area (Å²) < 4.78 is 0. The van der Waals surface area contributed by atoms with E-state index in [1.54, 1.807) is 11.1 Å². The fraction of sp³-hybridized carbons (Fsp3) is 0.538. The molecule has 0 N–H and O–H groups in total. The number of allylic oxidation sites excluding steroid dienone is 6. The summed E-state index contributed by atoms with van der Waals surface area (Å²) in [5.74, 6) is 0. The molecule has 1 fully saturated rings. The van der Waals surface area contributed by atoms with Gasteiger partial charge in [0.25, 0.3) is 0 Å². The van der Waals surface area contributed by atoms with E-state index in [0.29, 0.717) is 0 Å². The Kier molecular flexibility index (Phi) is 2.80. The monoisotopic (exact) mass is 176 g/mol. The predicted molar refractivity (Wildman–Crippen MR) is 59.7 cm³/mol. The molecule has 0 aromatic carbocycles. The molecule has 2 aliphatic carbocycles. The zero-order valence-corrected chi connectivity index (χ0v) is 7.93. The van der Waals surface area contributed by atoms with Gasteiger partial charge < -0.3 is 0 Å². The molecule has 0 radical (unpaired) electrons. The first kappa shape index (κ1) is 10.3. The molecule has 0 aromatic rings. The van der Waals surface area contributed by atoms with Crippen molar-refractivity contribution >= 4 is 0 Å². The number of fused-ring (bicyclic) bond motifs is 1. The summed E-state index contributed by atoms with van der Waals surface area (Å²) in [6.07, 6.45) is 13.1.